The molecule has 1 aromatic heterocycles. The molecule has 1 saturated heterocycles. The van der Waals surface area contributed by atoms with Crippen molar-refractivity contribution in [1.29, 1.82) is 0 Å². The molecule has 9 heteroatoms. The van der Waals surface area contributed by atoms with Gasteiger partial charge in [0, 0.05) is 25.2 Å². The third-order valence-electron chi connectivity index (χ3n) is 7.22. The van der Waals surface area contributed by atoms with Crippen LogP contribution in [0.5, 0.6) is 11.8 Å². The highest BCUT2D eigenvalue weighted by atomic mass is 19.1. The minimum absolute atomic E-state index is 0.0400. The van der Waals surface area contributed by atoms with Crippen molar-refractivity contribution < 1.29 is 27.8 Å². The highest BCUT2D eigenvalue weighted by molar-refractivity contribution is 5.68. The van der Waals surface area contributed by atoms with Gasteiger partial charge in [-0.25, -0.2) is 13.6 Å². The zero-order valence-electron chi connectivity index (χ0n) is 25.2. The van der Waals surface area contributed by atoms with Crippen molar-refractivity contribution in [2.45, 2.75) is 58.3 Å². The van der Waals surface area contributed by atoms with Gasteiger partial charge in [-0.2, -0.15) is 4.98 Å². The summed E-state index contributed by atoms with van der Waals surface area (Å²) in [6.07, 6.45) is 0.625. The maximum absolute atomic E-state index is 15.4. The van der Waals surface area contributed by atoms with Crippen molar-refractivity contribution in [3.05, 3.63) is 113 Å². The Bertz CT molecular complexity index is 1550. The molecule has 0 spiro atoms. The molecule has 3 aromatic carbocycles. The Labute approximate surface area is 256 Å². The van der Waals surface area contributed by atoms with Gasteiger partial charge in [0.25, 0.3) is 0 Å². The van der Waals surface area contributed by atoms with Gasteiger partial charge >= 0.3 is 6.09 Å². The summed E-state index contributed by atoms with van der Waals surface area (Å²) in [6.45, 7) is 6.80. The molecule has 7 nitrogen and oxygen atoms in total. The molecule has 1 aliphatic heterocycles. The van der Waals surface area contributed by atoms with Gasteiger partial charge in [-0.1, -0.05) is 60.7 Å². The molecule has 4 aromatic rings. The van der Waals surface area contributed by atoms with Crippen molar-refractivity contribution in [2.75, 3.05) is 18.4 Å². The van der Waals surface area contributed by atoms with Crippen molar-refractivity contribution in [1.82, 2.24) is 9.88 Å². The first kappa shape index (κ1) is 30.8. The van der Waals surface area contributed by atoms with Crippen molar-refractivity contribution in [3.63, 3.8) is 0 Å². The molecule has 0 saturated carbocycles. The minimum Gasteiger partial charge on any atom is -0.473 e. The lowest BCUT2D eigenvalue weighted by Crippen LogP contribution is -2.41. The average molecular weight is 602 g/mol. The van der Waals surface area contributed by atoms with Gasteiger partial charge in [0.05, 0.1) is 5.69 Å². The number of hydrogen-bond donors (Lipinski definition) is 1. The van der Waals surface area contributed by atoms with E-state index in [1.54, 1.807) is 17.0 Å². The maximum Gasteiger partial charge on any atom is 0.410 e. The molecule has 5 rings (SSSR count). The Hall–Kier alpha value is -4.66. The van der Waals surface area contributed by atoms with E-state index in [9.17, 15) is 4.79 Å². The smallest absolute Gasteiger partial charge is 0.410 e. The van der Waals surface area contributed by atoms with E-state index in [1.165, 1.54) is 6.07 Å². The Morgan fingerprint density at radius 2 is 1.45 bits per heavy atom. The summed E-state index contributed by atoms with van der Waals surface area (Å²) in [5.74, 6) is -0.814. The topological polar surface area (TPSA) is 72.9 Å². The zero-order chi connectivity index (χ0) is 31.1. The molecule has 1 N–H and O–H groups in total. The number of nitrogens with one attached hydrogen (secondary N) is 1. The lowest BCUT2D eigenvalue weighted by atomic mass is 9.89. The van der Waals surface area contributed by atoms with E-state index in [1.807, 2.05) is 81.4 Å². The second-order valence-electron chi connectivity index (χ2n) is 11.8. The van der Waals surface area contributed by atoms with E-state index in [4.69, 9.17) is 14.2 Å². The minimum atomic E-state index is -0.602. The molecule has 1 fully saturated rings. The number of ether oxygens (including phenoxy) is 3. The number of amides is 1. The zero-order valence-corrected chi connectivity index (χ0v) is 25.2. The largest absolute Gasteiger partial charge is 0.473 e. The highest BCUT2D eigenvalue weighted by Crippen LogP contribution is 2.35. The normalized spacial score (nSPS) is 13.8. The van der Waals surface area contributed by atoms with Crippen molar-refractivity contribution in [2.24, 2.45) is 0 Å². The van der Waals surface area contributed by atoms with Crippen molar-refractivity contribution in [3.8, 4) is 11.8 Å². The standard InChI is InChI=1S/C35H37F2N3O4/c1-35(2,3)44-34(41)40-18-16-26(17-19-40)27-20-29(37)31(21-28(27)36)38-30-14-15-32(42-22-24-10-6-4-7-11-24)39-33(30)43-23-25-12-8-5-9-13-25/h4-15,20-21,26,38H,16-19,22-23H2,1-3H3. The third kappa shape index (κ3) is 8.24. The van der Waals surface area contributed by atoms with Gasteiger partial charge in [0.1, 0.15) is 36.1 Å². The first-order chi connectivity index (χ1) is 21.1. The third-order valence-corrected chi connectivity index (χ3v) is 7.22. The number of halogens is 2. The summed E-state index contributed by atoms with van der Waals surface area (Å²) < 4.78 is 48.2. The van der Waals surface area contributed by atoms with Gasteiger partial charge in [0.15, 0.2) is 0 Å². The van der Waals surface area contributed by atoms with Crippen LogP contribution in [0, 0.1) is 11.6 Å². The van der Waals surface area contributed by atoms with Crippen LogP contribution in [-0.2, 0) is 18.0 Å². The molecule has 44 heavy (non-hydrogen) atoms. The Morgan fingerprint density at radius 3 is 2.07 bits per heavy atom. The number of piperidine rings is 1. The van der Waals surface area contributed by atoms with Crippen LogP contribution in [0.3, 0.4) is 0 Å². The van der Waals surface area contributed by atoms with Gasteiger partial charge in [-0.05, 0) is 68.4 Å². The second-order valence-corrected chi connectivity index (χ2v) is 11.8. The van der Waals surface area contributed by atoms with Gasteiger partial charge < -0.3 is 24.4 Å². The number of anilines is 2. The number of aromatic nitrogens is 1. The lowest BCUT2D eigenvalue weighted by molar-refractivity contribution is 0.0204. The average Bonchev–Trinajstić information content (AvgIpc) is 3.01. The Morgan fingerprint density at radius 1 is 0.841 bits per heavy atom. The second kappa shape index (κ2) is 13.8. The molecular weight excluding hydrogens is 564 g/mol. The molecule has 0 aliphatic carbocycles. The fraction of sp³-hybridized carbons (Fsp3) is 0.314. The van der Waals surface area contributed by atoms with E-state index >= 15 is 8.78 Å². The fourth-order valence-corrected chi connectivity index (χ4v) is 4.98. The number of hydrogen-bond acceptors (Lipinski definition) is 6. The molecule has 0 bridgehead atoms. The summed E-state index contributed by atoms with van der Waals surface area (Å²) in [7, 11) is 0. The molecule has 1 amide bonds. The van der Waals surface area contributed by atoms with Crippen molar-refractivity contribution >= 4 is 17.5 Å². The van der Waals surface area contributed by atoms with E-state index in [-0.39, 0.29) is 24.1 Å². The molecule has 0 radical (unpaired) electrons. The monoisotopic (exact) mass is 601 g/mol. The van der Waals surface area contributed by atoms with E-state index in [0.717, 1.165) is 17.2 Å². The van der Waals surface area contributed by atoms with Gasteiger partial charge in [-0.15, -0.1) is 0 Å². The first-order valence-corrected chi connectivity index (χ1v) is 14.7. The fourth-order valence-electron chi connectivity index (χ4n) is 4.98. The Kier molecular flexibility index (Phi) is 9.62. The lowest BCUT2D eigenvalue weighted by Gasteiger charge is -2.33. The van der Waals surface area contributed by atoms with Crippen LogP contribution in [0.2, 0.25) is 0 Å². The van der Waals surface area contributed by atoms with E-state index in [0.29, 0.717) is 49.7 Å². The van der Waals surface area contributed by atoms with Gasteiger partial charge in [-0.3, -0.25) is 0 Å². The van der Waals surface area contributed by atoms with E-state index < -0.39 is 23.3 Å². The molecule has 2 heterocycles. The molecule has 0 unspecified atom stereocenters. The summed E-state index contributed by atoms with van der Waals surface area (Å²) >= 11 is 0. The molecular formula is C35H37F2N3O4. The highest BCUT2D eigenvalue weighted by Gasteiger charge is 2.29. The summed E-state index contributed by atoms with van der Waals surface area (Å²) in [5, 5.41) is 2.97. The number of carbonyl (C=O) groups is 1. The van der Waals surface area contributed by atoms with Crippen LogP contribution in [0.25, 0.3) is 0 Å². The number of likely N-dealkylation sites (tertiary alicyclic amines) is 1. The molecule has 0 atom stereocenters. The quantitative estimate of drug-likeness (QED) is 0.208. The summed E-state index contributed by atoms with van der Waals surface area (Å²) in [6, 6.07) is 25.0. The number of nitrogens with zero attached hydrogens (tertiary/aromatic N) is 2. The van der Waals surface area contributed by atoms with Crippen LogP contribution < -0.4 is 14.8 Å². The predicted molar refractivity (Wildman–Crippen MR) is 165 cm³/mol. The number of pyridine rings is 1. The first-order valence-electron chi connectivity index (χ1n) is 14.7. The Balaban J connectivity index is 1.30. The molecule has 1 aliphatic rings. The predicted octanol–water partition coefficient (Wildman–Crippen LogP) is 8.38. The van der Waals surface area contributed by atoms with E-state index in [2.05, 4.69) is 10.3 Å². The summed E-state index contributed by atoms with van der Waals surface area (Å²) in [5.41, 5.74) is 1.93. The van der Waals surface area contributed by atoms with Gasteiger partial charge in [0.2, 0.25) is 11.8 Å². The maximum atomic E-state index is 15.4. The molecule has 230 valence electrons. The number of benzene rings is 3. The SMILES string of the molecule is CC(C)(C)OC(=O)N1CCC(c2cc(F)c(Nc3ccc(OCc4ccccc4)nc3OCc3ccccc3)cc2F)CC1. The van der Waals surface area contributed by atoms with Crippen LogP contribution in [0.1, 0.15) is 56.2 Å². The number of rotatable bonds is 9. The number of carbonyl (C=O) groups excluding carboxylic acids is 1. The van der Waals surface area contributed by atoms with Crippen LogP contribution in [0.15, 0.2) is 84.9 Å². The van der Waals surface area contributed by atoms with Crippen LogP contribution >= 0.6 is 0 Å². The van der Waals surface area contributed by atoms with Crippen LogP contribution in [0.4, 0.5) is 25.0 Å². The summed E-state index contributed by atoms with van der Waals surface area (Å²) in [4.78, 5) is 18.5. The van der Waals surface area contributed by atoms with Crippen LogP contribution in [-0.4, -0.2) is 34.7 Å².